The first-order valence-corrected chi connectivity index (χ1v) is 12.3. The molecular weight excluding hydrogens is 442 g/mol. The summed E-state index contributed by atoms with van der Waals surface area (Å²) in [6.07, 6.45) is 5.05. The zero-order valence-corrected chi connectivity index (χ0v) is 20.4. The van der Waals surface area contributed by atoms with Gasteiger partial charge in [0, 0.05) is 42.9 Å². The number of benzene rings is 1. The van der Waals surface area contributed by atoms with Gasteiger partial charge >= 0.3 is 0 Å². The predicted molar refractivity (Wildman–Crippen MR) is 139 cm³/mol. The van der Waals surface area contributed by atoms with Crippen LogP contribution in [0.15, 0.2) is 36.5 Å². The summed E-state index contributed by atoms with van der Waals surface area (Å²) < 4.78 is 13.4. The normalized spacial score (nSPS) is 15.8. The van der Waals surface area contributed by atoms with Gasteiger partial charge in [-0.3, -0.25) is 0 Å². The van der Waals surface area contributed by atoms with E-state index in [0.29, 0.717) is 18.5 Å². The fourth-order valence-corrected chi connectivity index (χ4v) is 4.69. The van der Waals surface area contributed by atoms with Gasteiger partial charge in [-0.1, -0.05) is 31.5 Å². The Labute approximate surface area is 205 Å². The Balaban J connectivity index is 1.56. The number of nitrogens with zero attached hydrogens (tertiary/aromatic N) is 4. The van der Waals surface area contributed by atoms with Crippen LogP contribution in [0.3, 0.4) is 0 Å². The minimum Gasteiger partial charge on any atom is -0.481 e. The molecule has 1 aliphatic rings. The van der Waals surface area contributed by atoms with Crippen molar-refractivity contribution in [1.82, 2.24) is 24.8 Å². The highest BCUT2D eigenvalue weighted by atomic mass is 16.5. The van der Waals surface area contributed by atoms with Gasteiger partial charge < -0.3 is 30.4 Å². The molecule has 35 heavy (non-hydrogen) atoms. The number of para-hydroxylation sites is 1. The fourth-order valence-electron chi connectivity index (χ4n) is 4.69. The van der Waals surface area contributed by atoms with E-state index >= 15 is 0 Å². The first kappa shape index (κ1) is 23.3. The van der Waals surface area contributed by atoms with Crippen LogP contribution in [-0.2, 0) is 17.8 Å². The molecule has 1 aromatic carbocycles. The standard InChI is InChI=1S/C26H33N7O2/c1-3-4-10-28-24-23-22(31-26(27)32-24)20-7-5-6-8-21(20)33(23)15-18-12-17(14-30-25(18)34-2)13-29-19-9-11-35-16-19/h5-8,12,14,19,29H,3-4,9-11,13,15-16H2,1-2H3,(H3,27,28,31,32). The van der Waals surface area contributed by atoms with Crippen LogP contribution in [0.2, 0.25) is 0 Å². The van der Waals surface area contributed by atoms with Crippen molar-refractivity contribution in [2.75, 3.05) is 37.9 Å². The van der Waals surface area contributed by atoms with E-state index in [4.69, 9.17) is 15.2 Å². The van der Waals surface area contributed by atoms with Crippen molar-refractivity contribution in [3.63, 3.8) is 0 Å². The minimum atomic E-state index is 0.266. The molecule has 4 aromatic rings. The van der Waals surface area contributed by atoms with E-state index in [1.165, 1.54) is 0 Å². The molecule has 3 aromatic heterocycles. The largest absolute Gasteiger partial charge is 0.481 e. The molecule has 5 rings (SSSR count). The summed E-state index contributed by atoms with van der Waals surface area (Å²) in [6, 6.07) is 10.8. The van der Waals surface area contributed by atoms with E-state index < -0.39 is 0 Å². The zero-order valence-electron chi connectivity index (χ0n) is 20.4. The van der Waals surface area contributed by atoms with Gasteiger partial charge in [-0.15, -0.1) is 0 Å². The second kappa shape index (κ2) is 10.5. The third-order valence-corrected chi connectivity index (χ3v) is 6.47. The van der Waals surface area contributed by atoms with Crippen LogP contribution in [0.4, 0.5) is 11.8 Å². The van der Waals surface area contributed by atoms with Gasteiger partial charge in [0.1, 0.15) is 11.0 Å². The number of nitrogens with one attached hydrogen (secondary N) is 2. The van der Waals surface area contributed by atoms with Crippen LogP contribution < -0.4 is 21.1 Å². The number of pyridine rings is 1. The summed E-state index contributed by atoms with van der Waals surface area (Å²) in [5.41, 5.74) is 11.1. The van der Waals surface area contributed by atoms with Crippen LogP contribution in [0, 0.1) is 0 Å². The Hall–Kier alpha value is -3.43. The molecule has 0 radical (unpaired) electrons. The molecule has 1 fully saturated rings. The summed E-state index contributed by atoms with van der Waals surface area (Å²) in [4.78, 5) is 13.8. The molecule has 4 N–H and O–H groups in total. The van der Waals surface area contributed by atoms with Crippen molar-refractivity contribution in [2.45, 2.75) is 45.3 Å². The minimum absolute atomic E-state index is 0.266. The highest BCUT2D eigenvalue weighted by Gasteiger charge is 2.20. The lowest BCUT2D eigenvalue weighted by atomic mass is 10.1. The molecule has 1 atom stereocenters. The number of nitrogen functional groups attached to an aromatic ring is 1. The molecule has 1 aliphatic heterocycles. The quantitative estimate of drug-likeness (QED) is 0.298. The van der Waals surface area contributed by atoms with Gasteiger partial charge in [-0.2, -0.15) is 4.98 Å². The van der Waals surface area contributed by atoms with E-state index in [-0.39, 0.29) is 5.95 Å². The molecule has 0 bridgehead atoms. The molecule has 0 saturated carbocycles. The molecule has 0 amide bonds. The molecule has 0 spiro atoms. The number of ether oxygens (including phenoxy) is 2. The number of rotatable bonds is 10. The molecular formula is C26H33N7O2. The molecule has 9 nitrogen and oxygen atoms in total. The number of anilines is 2. The predicted octanol–water partition coefficient (Wildman–Crippen LogP) is 3.71. The van der Waals surface area contributed by atoms with E-state index in [1.807, 2.05) is 18.3 Å². The Kier molecular flexibility index (Phi) is 6.96. The van der Waals surface area contributed by atoms with Crippen LogP contribution in [-0.4, -0.2) is 52.4 Å². The molecule has 184 valence electrons. The monoisotopic (exact) mass is 475 g/mol. The zero-order chi connectivity index (χ0) is 24.2. The second-order valence-corrected chi connectivity index (χ2v) is 8.96. The summed E-state index contributed by atoms with van der Waals surface area (Å²) in [6.45, 7) is 5.86. The van der Waals surface area contributed by atoms with Crippen molar-refractivity contribution in [2.24, 2.45) is 0 Å². The van der Waals surface area contributed by atoms with Crippen molar-refractivity contribution in [3.8, 4) is 5.88 Å². The highest BCUT2D eigenvalue weighted by Crippen LogP contribution is 2.33. The molecule has 1 unspecified atom stereocenters. The van der Waals surface area contributed by atoms with Crippen molar-refractivity contribution in [1.29, 1.82) is 0 Å². The number of unbranched alkanes of at least 4 members (excludes halogenated alkanes) is 1. The number of aromatic nitrogens is 4. The first-order chi connectivity index (χ1) is 17.2. The number of hydrogen-bond donors (Lipinski definition) is 3. The Morgan fingerprint density at radius 2 is 2.14 bits per heavy atom. The maximum Gasteiger partial charge on any atom is 0.222 e. The number of nitrogens with two attached hydrogens (primary N) is 1. The van der Waals surface area contributed by atoms with Gasteiger partial charge in [-0.25, -0.2) is 9.97 Å². The van der Waals surface area contributed by atoms with Crippen LogP contribution >= 0.6 is 0 Å². The van der Waals surface area contributed by atoms with Crippen molar-refractivity contribution < 1.29 is 9.47 Å². The van der Waals surface area contributed by atoms with Crippen molar-refractivity contribution in [3.05, 3.63) is 47.7 Å². The van der Waals surface area contributed by atoms with E-state index in [2.05, 4.69) is 55.3 Å². The molecule has 4 heterocycles. The van der Waals surface area contributed by atoms with Gasteiger partial charge in [0.05, 0.1) is 25.8 Å². The van der Waals surface area contributed by atoms with E-state index in [9.17, 15) is 0 Å². The topological polar surface area (TPSA) is 112 Å². The third-order valence-electron chi connectivity index (χ3n) is 6.47. The molecule has 0 aliphatic carbocycles. The Morgan fingerprint density at radius 3 is 2.94 bits per heavy atom. The Bertz CT molecular complexity index is 1310. The first-order valence-electron chi connectivity index (χ1n) is 12.3. The lowest BCUT2D eigenvalue weighted by molar-refractivity contribution is 0.190. The number of methoxy groups -OCH3 is 1. The summed E-state index contributed by atoms with van der Waals surface area (Å²) in [5, 5.41) is 8.10. The van der Waals surface area contributed by atoms with Crippen LogP contribution in [0.1, 0.15) is 37.3 Å². The van der Waals surface area contributed by atoms with E-state index in [1.54, 1.807) is 7.11 Å². The van der Waals surface area contributed by atoms with Crippen molar-refractivity contribution >= 4 is 33.7 Å². The lowest BCUT2D eigenvalue weighted by Crippen LogP contribution is -2.28. The molecule has 9 heteroatoms. The third kappa shape index (κ3) is 4.87. The van der Waals surface area contributed by atoms with Gasteiger partial charge in [0.25, 0.3) is 0 Å². The van der Waals surface area contributed by atoms with Gasteiger partial charge in [-0.05, 0) is 30.5 Å². The average molecular weight is 476 g/mol. The van der Waals surface area contributed by atoms with Gasteiger partial charge in [0.2, 0.25) is 11.8 Å². The molecule has 1 saturated heterocycles. The summed E-state index contributed by atoms with van der Waals surface area (Å²) in [7, 11) is 1.66. The average Bonchev–Trinajstić information content (AvgIpc) is 3.50. The maximum atomic E-state index is 6.11. The number of hydrogen-bond acceptors (Lipinski definition) is 8. The smallest absolute Gasteiger partial charge is 0.222 e. The summed E-state index contributed by atoms with van der Waals surface area (Å²) in [5.74, 6) is 1.63. The lowest BCUT2D eigenvalue weighted by Gasteiger charge is -2.15. The second-order valence-electron chi connectivity index (χ2n) is 8.96. The SMILES string of the molecule is CCCCNc1nc(N)nc2c3ccccc3n(Cc3cc(CNC4CCOC4)cnc3OC)c12. The van der Waals surface area contributed by atoms with Gasteiger partial charge in [0.15, 0.2) is 5.82 Å². The maximum absolute atomic E-state index is 6.11. The van der Waals surface area contributed by atoms with Crippen LogP contribution in [0.5, 0.6) is 5.88 Å². The van der Waals surface area contributed by atoms with Crippen LogP contribution in [0.25, 0.3) is 21.9 Å². The van der Waals surface area contributed by atoms with E-state index in [0.717, 1.165) is 84.4 Å². The number of fused-ring (bicyclic) bond motifs is 3. The Morgan fingerprint density at radius 1 is 1.26 bits per heavy atom. The summed E-state index contributed by atoms with van der Waals surface area (Å²) >= 11 is 0. The fraction of sp³-hybridized carbons (Fsp3) is 0.423. The highest BCUT2D eigenvalue weighted by molar-refractivity contribution is 6.09.